The van der Waals surface area contributed by atoms with Gasteiger partial charge in [-0.25, -0.2) is 19.2 Å². The maximum Gasteiger partial charge on any atom is 0.416 e. The van der Waals surface area contributed by atoms with Crippen molar-refractivity contribution in [1.29, 1.82) is 0 Å². The molecule has 0 saturated carbocycles. The molecule has 1 fully saturated rings. The Bertz CT molecular complexity index is 874. The van der Waals surface area contributed by atoms with Gasteiger partial charge in [0.1, 0.15) is 23.8 Å². The number of carbonyl (C=O) groups excluding carboxylic acids is 1. The van der Waals surface area contributed by atoms with Gasteiger partial charge in [0.05, 0.1) is 18.8 Å². The fourth-order valence-electron chi connectivity index (χ4n) is 2.78. The highest BCUT2D eigenvalue weighted by atomic mass is 19.4. The van der Waals surface area contributed by atoms with Crippen LogP contribution in [0.5, 0.6) is 0 Å². The average molecular weight is 428 g/mol. The number of aromatic nitrogens is 2. The highest BCUT2D eigenvalue weighted by Crippen LogP contribution is 2.31. The summed E-state index contributed by atoms with van der Waals surface area (Å²) in [7, 11) is 0. The van der Waals surface area contributed by atoms with E-state index in [4.69, 9.17) is 4.74 Å². The number of ether oxygens (including phenoxy) is 1. The van der Waals surface area contributed by atoms with Gasteiger partial charge in [0.15, 0.2) is 0 Å². The molecule has 2 heterocycles. The van der Waals surface area contributed by atoms with E-state index in [2.05, 4.69) is 30.8 Å². The van der Waals surface area contributed by atoms with E-state index in [0.717, 1.165) is 25.0 Å². The summed E-state index contributed by atoms with van der Waals surface area (Å²) in [4.78, 5) is 22.3. The molecule has 0 radical (unpaired) electrons. The van der Waals surface area contributed by atoms with Crippen molar-refractivity contribution < 1.29 is 27.1 Å². The molecule has 0 unspecified atom stereocenters. The predicted octanol–water partition coefficient (Wildman–Crippen LogP) is 2.70. The molecule has 1 aromatic carbocycles. The first kappa shape index (κ1) is 21.6. The number of nitrogens with one attached hydrogen (secondary N) is 3. The predicted molar refractivity (Wildman–Crippen MR) is 102 cm³/mol. The fraction of sp³-hybridized carbons (Fsp3) is 0.389. The van der Waals surface area contributed by atoms with Crippen LogP contribution < -0.4 is 20.9 Å². The first-order chi connectivity index (χ1) is 14.3. The van der Waals surface area contributed by atoms with Crippen molar-refractivity contribution in [3.05, 3.63) is 42.0 Å². The Morgan fingerprint density at radius 3 is 2.60 bits per heavy atom. The van der Waals surface area contributed by atoms with Crippen molar-refractivity contribution in [1.82, 2.24) is 15.3 Å². The molecule has 162 valence electrons. The Morgan fingerprint density at radius 1 is 1.10 bits per heavy atom. The molecule has 3 rings (SSSR count). The van der Waals surface area contributed by atoms with Gasteiger partial charge in [-0.1, -0.05) is 0 Å². The van der Waals surface area contributed by atoms with Crippen LogP contribution in [0.1, 0.15) is 5.56 Å². The van der Waals surface area contributed by atoms with Gasteiger partial charge in [-0.2, -0.15) is 13.2 Å². The molecule has 30 heavy (non-hydrogen) atoms. The summed E-state index contributed by atoms with van der Waals surface area (Å²) in [6.45, 7) is 3.18. The Morgan fingerprint density at radius 2 is 1.87 bits per heavy atom. The van der Waals surface area contributed by atoms with E-state index >= 15 is 0 Å². The van der Waals surface area contributed by atoms with E-state index < -0.39 is 23.6 Å². The number of nitrogens with zero attached hydrogens (tertiary/aromatic N) is 3. The number of carbonyl (C=O) groups is 1. The lowest BCUT2D eigenvalue weighted by Crippen LogP contribution is -2.36. The number of hydrogen-bond acceptors (Lipinski definition) is 6. The van der Waals surface area contributed by atoms with Crippen LogP contribution in [0.3, 0.4) is 0 Å². The molecule has 0 bridgehead atoms. The van der Waals surface area contributed by atoms with Crippen LogP contribution in [0.25, 0.3) is 0 Å². The van der Waals surface area contributed by atoms with Crippen LogP contribution in [0.2, 0.25) is 0 Å². The van der Waals surface area contributed by atoms with Crippen molar-refractivity contribution >= 4 is 23.4 Å². The van der Waals surface area contributed by atoms with Gasteiger partial charge < -0.3 is 25.6 Å². The van der Waals surface area contributed by atoms with E-state index in [0.29, 0.717) is 37.7 Å². The number of morpholine rings is 1. The maximum atomic E-state index is 13.4. The first-order valence-corrected chi connectivity index (χ1v) is 9.12. The quantitative estimate of drug-likeness (QED) is 0.484. The summed E-state index contributed by atoms with van der Waals surface area (Å²) < 4.78 is 56.8. The average Bonchev–Trinajstić information content (AvgIpc) is 2.71. The SMILES string of the molecule is O=C(NCCNc1cc(N2CCOCC2)ncn1)Nc1cc(F)cc(C(F)(F)F)c1. The van der Waals surface area contributed by atoms with E-state index in [9.17, 15) is 22.4 Å². The Labute approximate surface area is 169 Å². The number of rotatable bonds is 6. The van der Waals surface area contributed by atoms with Crippen LogP contribution in [-0.4, -0.2) is 55.4 Å². The highest BCUT2D eigenvalue weighted by molar-refractivity contribution is 5.89. The third kappa shape index (κ3) is 6.17. The second kappa shape index (κ2) is 9.57. The molecule has 1 aromatic heterocycles. The topological polar surface area (TPSA) is 91.4 Å². The molecule has 0 atom stereocenters. The molecular weight excluding hydrogens is 408 g/mol. The van der Waals surface area contributed by atoms with Crippen LogP contribution in [0.15, 0.2) is 30.6 Å². The minimum Gasteiger partial charge on any atom is -0.378 e. The van der Waals surface area contributed by atoms with Crippen molar-refractivity contribution in [2.45, 2.75) is 6.18 Å². The Hall–Kier alpha value is -3.15. The molecule has 1 saturated heterocycles. The zero-order valence-electron chi connectivity index (χ0n) is 15.8. The monoisotopic (exact) mass is 428 g/mol. The summed E-state index contributed by atoms with van der Waals surface area (Å²) in [6, 6.07) is 2.85. The van der Waals surface area contributed by atoms with E-state index in [1.807, 2.05) is 0 Å². The smallest absolute Gasteiger partial charge is 0.378 e. The largest absolute Gasteiger partial charge is 0.416 e. The number of urea groups is 1. The zero-order chi connectivity index (χ0) is 21.6. The highest BCUT2D eigenvalue weighted by Gasteiger charge is 2.31. The fourth-order valence-corrected chi connectivity index (χ4v) is 2.78. The third-order valence-electron chi connectivity index (χ3n) is 4.19. The number of halogens is 4. The Balaban J connectivity index is 1.46. The van der Waals surface area contributed by atoms with Crippen molar-refractivity contribution in [2.24, 2.45) is 0 Å². The molecule has 2 aromatic rings. The van der Waals surface area contributed by atoms with Crippen molar-refractivity contribution in [2.75, 3.05) is 54.9 Å². The van der Waals surface area contributed by atoms with Crippen LogP contribution >= 0.6 is 0 Å². The molecule has 2 amide bonds. The molecule has 1 aliphatic rings. The van der Waals surface area contributed by atoms with Gasteiger partial charge in [0.25, 0.3) is 0 Å². The van der Waals surface area contributed by atoms with Gasteiger partial charge in [0.2, 0.25) is 0 Å². The molecular formula is C18H20F4N6O2. The van der Waals surface area contributed by atoms with Gasteiger partial charge in [-0.15, -0.1) is 0 Å². The number of anilines is 3. The van der Waals surface area contributed by atoms with Gasteiger partial charge in [0, 0.05) is 37.9 Å². The summed E-state index contributed by atoms with van der Waals surface area (Å²) >= 11 is 0. The molecule has 3 N–H and O–H groups in total. The summed E-state index contributed by atoms with van der Waals surface area (Å²) in [6.07, 6.45) is -3.29. The number of hydrogen-bond donors (Lipinski definition) is 3. The lowest BCUT2D eigenvalue weighted by molar-refractivity contribution is -0.137. The second-order valence-electron chi connectivity index (χ2n) is 6.39. The minimum absolute atomic E-state index is 0.157. The third-order valence-corrected chi connectivity index (χ3v) is 4.19. The molecule has 0 aliphatic carbocycles. The summed E-state index contributed by atoms with van der Waals surface area (Å²) in [5, 5.41) is 7.68. The minimum atomic E-state index is -4.71. The molecule has 1 aliphatic heterocycles. The first-order valence-electron chi connectivity index (χ1n) is 9.12. The van der Waals surface area contributed by atoms with Gasteiger partial charge in [-0.05, 0) is 18.2 Å². The number of amides is 2. The van der Waals surface area contributed by atoms with Crippen LogP contribution in [0, 0.1) is 5.82 Å². The normalized spacial score (nSPS) is 14.3. The van der Waals surface area contributed by atoms with E-state index in [1.54, 1.807) is 6.07 Å². The lowest BCUT2D eigenvalue weighted by atomic mass is 10.2. The van der Waals surface area contributed by atoms with Crippen molar-refractivity contribution in [3.63, 3.8) is 0 Å². The van der Waals surface area contributed by atoms with E-state index in [1.165, 1.54) is 6.33 Å². The number of alkyl halides is 3. The number of benzene rings is 1. The maximum absolute atomic E-state index is 13.4. The zero-order valence-corrected chi connectivity index (χ0v) is 15.8. The summed E-state index contributed by atoms with van der Waals surface area (Å²) in [5.74, 6) is 0.225. The van der Waals surface area contributed by atoms with Gasteiger partial charge >= 0.3 is 12.2 Å². The lowest BCUT2D eigenvalue weighted by Gasteiger charge is -2.27. The second-order valence-corrected chi connectivity index (χ2v) is 6.39. The van der Waals surface area contributed by atoms with Crippen LogP contribution in [0.4, 0.5) is 39.7 Å². The summed E-state index contributed by atoms with van der Waals surface area (Å²) in [5.41, 5.74) is -1.47. The standard InChI is InChI=1S/C18H20F4N6O2/c19-13-7-12(18(20,21)22)8-14(9-13)27-17(29)24-2-1-23-15-10-16(26-11-25-15)28-3-5-30-6-4-28/h7-11H,1-6H2,(H,23,25,26)(H2,24,27,29). The molecule has 8 nitrogen and oxygen atoms in total. The molecule has 0 spiro atoms. The van der Waals surface area contributed by atoms with Crippen LogP contribution in [-0.2, 0) is 10.9 Å². The van der Waals surface area contributed by atoms with E-state index in [-0.39, 0.29) is 12.2 Å². The Kier molecular flexibility index (Phi) is 6.87. The van der Waals surface area contributed by atoms with Gasteiger partial charge in [-0.3, -0.25) is 0 Å². The molecule has 12 heteroatoms. The van der Waals surface area contributed by atoms with Crippen molar-refractivity contribution in [3.8, 4) is 0 Å².